The molecule has 1 aromatic heterocycles. The monoisotopic (exact) mass is 394 g/mol. The van der Waals surface area contributed by atoms with Crippen LogP contribution in [0.4, 0.5) is 0 Å². The molecule has 0 radical (unpaired) electrons. The molecule has 2 atom stereocenters. The molecule has 2 amide bonds. The molecule has 0 aliphatic carbocycles. The maximum atomic E-state index is 12.4. The van der Waals surface area contributed by atoms with Crippen molar-refractivity contribution in [1.29, 1.82) is 0 Å². The number of thiophene rings is 1. The Bertz CT molecular complexity index is 859. The summed E-state index contributed by atoms with van der Waals surface area (Å²) in [6.07, 6.45) is 1.28. The van der Waals surface area contributed by atoms with Crippen LogP contribution in [0, 0.1) is 0 Å². The largest absolute Gasteiger partial charge is 0.350 e. The molecule has 0 fully saturated rings. The average Bonchev–Trinajstić information content (AvgIpc) is 3.07. The van der Waals surface area contributed by atoms with Crippen LogP contribution >= 0.6 is 11.3 Å². The van der Waals surface area contributed by atoms with Crippen molar-refractivity contribution in [2.45, 2.75) is 37.2 Å². The molecule has 2 N–H and O–H groups in total. The van der Waals surface area contributed by atoms with Crippen molar-refractivity contribution in [3.05, 3.63) is 52.2 Å². The minimum atomic E-state index is -3.25. The van der Waals surface area contributed by atoms with E-state index in [4.69, 9.17) is 0 Å². The van der Waals surface area contributed by atoms with E-state index in [0.29, 0.717) is 0 Å². The third-order valence-electron chi connectivity index (χ3n) is 3.84. The Morgan fingerprint density at radius 2 is 1.77 bits per heavy atom. The minimum absolute atomic E-state index is 0.131. The molecule has 1 aromatic carbocycles. The molecule has 0 aliphatic heterocycles. The van der Waals surface area contributed by atoms with Gasteiger partial charge in [-0.1, -0.05) is 18.2 Å². The van der Waals surface area contributed by atoms with Crippen molar-refractivity contribution in [3.8, 4) is 0 Å². The second kappa shape index (κ2) is 8.46. The highest BCUT2D eigenvalue weighted by Crippen LogP contribution is 2.23. The standard InChI is InChI=1S/C18H22N2O4S2/c1-12(14-6-8-15(9-7-14)26(3,23)24)19-18(22)11-16(20-13(2)21)17-5-4-10-25-17/h4-10,12,16H,11H2,1-3H3,(H,19,22)(H,20,21)/t12-,16+/m0/s1. The van der Waals surface area contributed by atoms with Gasteiger partial charge in [0.25, 0.3) is 0 Å². The second-order valence-electron chi connectivity index (χ2n) is 6.10. The van der Waals surface area contributed by atoms with Gasteiger partial charge in [-0.25, -0.2) is 8.42 Å². The molecule has 2 aromatic rings. The van der Waals surface area contributed by atoms with E-state index in [1.54, 1.807) is 12.1 Å². The van der Waals surface area contributed by atoms with Gasteiger partial charge in [-0.3, -0.25) is 9.59 Å². The smallest absolute Gasteiger partial charge is 0.222 e. The predicted molar refractivity (Wildman–Crippen MR) is 102 cm³/mol. The van der Waals surface area contributed by atoms with Crippen LogP contribution in [0.3, 0.4) is 0 Å². The van der Waals surface area contributed by atoms with Crippen LogP contribution in [-0.4, -0.2) is 26.5 Å². The molecular weight excluding hydrogens is 372 g/mol. The van der Waals surface area contributed by atoms with Crippen LogP contribution in [0.5, 0.6) is 0 Å². The van der Waals surface area contributed by atoms with E-state index in [0.717, 1.165) is 16.7 Å². The molecule has 140 valence electrons. The van der Waals surface area contributed by atoms with Gasteiger partial charge in [0.1, 0.15) is 0 Å². The first kappa shape index (κ1) is 20.1. The summed E-state index contributed by atoms with van der Waals surface area (Å²) in [4.78, 5) is 24.9. The van der Waals surface area contributed by atoms with Gasteiger partial charge in [-0.05, 0) is 36.1 Å². The van der Waals surface area contributed by atoms with Crippen molar-refractivity contribution in [3.63, 3.8) is 0 Å². The third-order valence-corrected chi connectivity index (χ3v) is 5.95. The number of carbonyl (C=O) groups excluding carboxylic acids is 2. The molecule has 0 unspecified atom stereocenters. The lowest BCUT2D eigenvalue weighted by Gasteiger charge is -2.19. The molecule has 1 heterocycles. The van der Waals surface area contributed by atoms with E-state index in [1.165, 1.54) is 30.4 Å². The van der Waals surface area contributed by atoms with Gasteiger partial charge in [0.15, 0.2) is 9.84 Å². The fourth-order valence-electron chi connectivity index (χ4n) is 2.53. The Hall–Kier alpha value is -2.19. The van der Waals surface area contributed by atoms with Gasteiger partial charge in [0, 0.05) is 18.1 Å². The van der Waals surface area contributed by atoms with Crippen LogP contribution in [0.1, 0.15) is 42.8 Å². The Labute approximate surface area is 157 Å². The van der Waals surface area contributed by atoms with Gasteiger partial charge in [-0.15, -0.1) is 11.3 Å². The highest BCUT2D eigenvalue weighted by atomic mass is 32.2. The van der Waals surface area contributed by atoms with Crippen molar-refractivity contribution in [1.82, 2.24) is 10.6 Å². The lowest BCUT2D eigenvalue weighted by Crippen LogP contribution is -2.33. The average molecular weight is 395 g/mol. The van der Waals surface area contributed by atoms with Crippen LogP contribution in [0.2, 0.25) is 0 Å². The summed E-state index contributed by atoms with van der Waals surface area (Å²) in [5.41, 5.74) is 0.804. The summed E-state index contributed by atoms with van der Waals surface area (Å²) in [5, 5.41) is 7.58. The Balaban J connectivity index is 2.02. The van der Waals surface area contributed by atoms with Crippen molar-refractivity contribution >= 4 is 33.0 Å². The maximum absolute atomic E-state index is 12.4. The van der Waals surface area contributed by atoms with Crippen molar-refractivity contribution in [2.75, 3.05) is 6.26 Å². The van der Waals surface area contributed by atoms with Crippen LogP contribution < -0.4 is 10.6 Å². The number of amides is 2. The molecule has 0 bridgehead atoms. The highest BCUT2D eigenvalue weighted by Gasteiger charge is 2.19. The van der Waals surface area contributed by atoms with Gasteiger partial charge < -0.3 is 10.6 Å². The van der Waals surface area contributed by atoms with E-state index < -0.39 is 9.84 Å². The molecule has 26 heavy (non-hydrogen) atoms. The summed E-state index contributed by atoms with van der Waals surface area (Å²) in [7, 11) is -3.25. The number of sulfone groups is 1. The topological polar surface area (TPSA) is 92.3 Å². The first-order valence-electron chi connectivity index (χ1n) is 8.06. The van der Waals surface area contributed by atoms with E-state index in [-0.39, 0.29) is 35.2 Å². The number of carbonyl (C=O) groups is 2. The fraction of sp³-hybridized carbons (Fsp3) is 0.333. The zero-order valence-corrected chi connectivity index (χ0v) is 16.5. The zero-order chi connectivity index (χ0) is 19.3. The van der Waals surface area contributed by atoms with Gasteiger partial charge in [-0.2, -0.15) is 0 Å². The van der Waals surface area contributed by atoms with Gasteiger partial charge >= 0.3 is 0 Å². The third kappa shape index (κ3) is 5.67. The Morgan fingerprint density at radius 3 is 2.27 bits per heavy atom. The SMILES string of the molecule is CC(=O)N[C@H](CC(=O)N[C@@H](C)c1ccc(S(C)(=O)=O)cc1)c1cccs1. The number of hydrogen-bond acceptors (Lipinski definition) is 5. The van der Waals surface area contributed by atoms with Crippen LogP contribution in [0.25, 0.3) is 0 Å². The van der Waals surface area contributed by atoms with Gasteiger partial charge in [0.05, 0.1) is 23.4 Å². The molecule has 0 saturated heterocycles. The predicted octanol–water partition coefficient (Wildman–Crippen LogP) is 2.60. The molecule has 0 saturated carbocycles. The molecule has 0 aliphatic rings. The minimum Gasteiger partial charge on any atom is -0.350 e. The normalized spacial score (nSPS) is 13.7. The molecule has 8 heteroatoms. The van der Waals surface area contributed by atoms with Crippen molar-refractivity contribution < 1.29 is 18.0 Å². The first-order valence-corrected chi connectivity index (χ1v) is 10.8. The lowest BCUT2D eigenvalue weighted by molar-refractivity contribution is -0.123. The first-order chi connectivity index (χ1) is 12.2. The number of rotatable bonds is 7. The summed E-state index contributed by atoms with van der Waals surface area (Å²) in [5.74, 6) is -0.391. The Morgan fingerprint density at radius 1 is 1.12 bits per heavy atom. The molecular formula is C18H22N2O4S2. The van der Waals surface area contributed by atoms with Crippen LogP contribution in [0.15, 0.2) is 46.7 Å². The van der Waals surface area contributed by atoms with E-state index in [2.05, 4.69) is 10.6 Å². The molecule has 6 nitrogen and oxygen atoms in total. The lowest BCUT2D eigenvalue weighted by atomic mass is 10.1. The van der Waals surface area contributed by atoms with Crippen molar-refractivity contribution in [2.24, 2.45) is 0 Å². The number of nitrogens with one attached hydrogen (secondary N) is 2. The summed E-state index contributed by atoms with van der Waals surface area (Å²) in [6.45, 7) is 3.25. The fourth-order valence-corrected chi connectivity index (χ4v) is 3.94. The molecule has 0 spiro atoms. The van der Waals surface area contributed by atoms with Crippen LogP contribution in [-0.2, 0) is 19.4 Å². The zero-order valence-electron chi connectivity index (χ0n) is 14.9. The maximum Gasteiger partial charge on any atom is 0.222 e. The summed E-state index contributed by atoms with van der Waals surface area (Å²) >= 11 is 1.48. The second-order valence-corrected chi connectivity index (χ2v) is 9.10. The van der Waals surface area contributed by atoms with E-state index in [1.807, 2.05) is 24.4 Å². The van der Waals surface area contributed by atoms with E-state index >= 15 is 0 Å². The number of benzene rings is 1. The number of hydrogen-bond donors (Lipinski definition) is 2. The molecule has 2 rings (SSSR count). The van der Waals surface area contributed by atoms with E-state index in [9.17, 15) is 18.0 Å². The summed E-state index contributed by atoms with van der Waals surface area (Å²) < 4.78 is 23.0. The Kier molecular flexibility index (Phi) is 6.55. The summed E-state index contributed by atoms with van der Waals surface area (Å²) in [6, 6.07) is 9.53. The van der Waals surface area contributed by atoms with Gasteiger partial charge in [0.2, 0.25) is 11.8 Å². The quantitative estimate of drug-likeness (QED) is 0.755. The highest BCUT2D eigenvalue weighted by molar-refractivity contribution is 7.90.